The molecule has 0 radical (unpaired) electrons. The molecule has 0 aliphatic rings. The largest absolute Gasteiger partial charge is 0.463 e. The van der Waals surface area contributed by atoms with Crippen LogP contribution in [0.15, 0.2) is 30.3 Å². The molecule has 0 saturated carbocycles. The second kappa shape index (κ2) is 5.20. The Hall–Kier alpha value is -1.77. The van der Waals surface area contributed by atoms with Crippen molar-refractivity contribution >= 4 is 11.7 Å². The van der Waals surface area contributed by atoms with Crippen molar-refractivity contribution in [1.29, 1.82) is 0 Å². The van der Waals surface area contributed by atoms with Crippen molar-refractivity contribution in [3.8, 4) is 0 Å². The molecule has 0 aliphatic heterocycles. The van der Waals surface area contributed by atoms with Crippen molar-refractivity contribution in [3.05, 3.63) is 41.5 Å². The minimum absolute atomic E-state index is 0.358. The van der Waals surface area contributed by atoms with E-state index in [9.17, 15) is 4.79 Å². The van der Waals surface area contributed by atoms with E-state index in [4.69, 9.17) is 10.5 Å². The zero-order valence-corrected chi connectivity index (χ0v) is 8.99. The van der Waals surface area contributed by atoms with Crippen molar-refractivity contribution < 1.29 is 9.53 Å². The van der Waals surface area contributed by atoms with E-state index in [-0.39, 0.29) is 0 Å². The molecule has 0 bridgehead atoms. The number of benzene rings is 1. The first-order chi connectivity index (χ1) is 7.13. The highest BCUT2D eigenvalue weighted by atomic mass is 16.5. The van der Waals surface area contributed by atoms with E-state index in [1.807, 2.05) is 31.2 Å². The quantitative estimate of drug-likeness (QED) is 0.605. The average molecular weight is 205 g/mol. The van der Waals surface area contributed by atoms with Crippen molar-refractivity contribution in [2.75, 3.05) is 6.61 Å². The molecule has 80 valence electrons. The highest BCUT2D eigenvalue weighted by molar-refractivity contribution is 5.90. The van der Waals surface area contributed by atoms with Crippen LogP contribution in [0, 0.1) is 6.92 Å². The predicted octanol–water partition coefficient (Wildman–Crippen LogP) is 1.86. The Labute approximate surface area is 89.5 Å². The van der Waals surface area contributed by atoms with Crippen LogP contribution in [0.3, 0.4) is 0 Å². The van der Waals surface area contributed by atoms with E-state index in [1.54, 1.807) is 6.92 Å². The molecule has 0 atom stereocenters. The van der Waals surface area contributed by atoms with E-state index < -0.39 is 5.97 Å². The van der Waals surface area contributed by atoms with Gasteiger partial charge in [-0.1, -0.05) is 23.8 Å². The highest BCUT2D eigenvalue weighted by Gasteiger charge is 2.01. The van der Waals surface area contributed by atoms with Crippen molar-refractivity contribution in [2.24, 2.45) is 5.73 Å². The summed E-state index contributed by atoms with van der Waals surface area (Å²) in [4.78, 5) is 11.1. The van der Waals surface area contributed by atoms with Gasteiger partial charge in [0, 0.05) is 11.8 Å². The molecule has 1 aromatic carbocycles. The van der Waals surface area contributed by atoms with Gasteiger partial charge in [-0.05, 0) is 25.5 Å². The molecule has 0 fully saturated rings. The number of carbonyl (C=O) groups excluding carboxylic acids is 1. The van der Waals surface area contributed by atoms with Gasteiger partial charge in [0.1, 0.15) is 0 Å². The summed E-state index contributed by atoms with van der Waals surface area (Å²) < 4.78 is 4.77. The maximum Gasteiger partial charge on any atom is 0.332 e. The molecule has 1 aromatic rings. The molecule has 0 aromatic heterocycles. The van der Waals surface area contributed by atoms with E-state index >= 15 is 0 Å². The zero-order valence-electron chi connectivity index (χ0n) is 8.99. The number of rotatable bonds is 3. The molecule has 0 unspecified atom stereocenters. The Morgan fingerprint density at radius 2 is 2.27 bits per heavy atom. The lowest BCUT2D eigenvalue weighted by Gasteiger charge is -2.02. The lowest BCUT2D eigenvalue weighted by atomic mass is 10.1. The van der Waals surface area contributed by atoms with Crippen LogP contribution in [-0.2, 0) is 9.53 Å². The topological polar surface area (TPSA) is 52.3 Å². The molecule has 2 N–H and O–H groups in total. The number of carbonyl (C=O) groups is 1. The third-order valence-corrected chi connectivity index (χ3v) is 1.91. The molecule has 0 saturated heterocycles. The Bertz CT molecular complexity index is 383. The second-order valence-electron chi connectivity index (χ2n) is 3.22. The van der Waals surface area contributed by atoms with Crippen LogP contribution >= 0.6 is 0 Å². The molecule has 1 rings (SSSR count). The molecule has 3 heteroatoms. The molecule has 0 amide bonds. The lowest BCUT2D eigenvalue weighted by Crippen LogP contribution is -2.05. The van der Waals surface area contributed by atoms with Crippen LogP contribution in [0.25, 0.3) is 5.70 Å². The van der Waals surface area contributed by atoms with Crippen LogP contribution in [0.5, 0.6) is 0 Å². The fraction of sp³-hybridized carbons (Fsp3) is 0.250. The van der Waals surface area contributed by atoms with Gasteiger partial charge in [-0.2, -0.15) is 0 Å². The van der Waals surface area contributed by atoms with Gasteiger partial charge in [0.25, 0.3) is 0 Å². The Kier molecular flexibility index (Phi) is 3.92. The van der Waals surface area contributed by atoms with Gasteiger partial charge in [0.2, 0.25) is 0 Å². The van der Waals surface area contributed by atoms with Crippen LogP contribution in [0.1, 0.15) is 18.1 Å². The van der Waals surface area contributed by atoms with E-state index in [2.05, 4.69) is 0 Å². The van der Waals surface area contributed by atoms with Gasteiger partial charge in [0.15, 0.2) is 0 Å². The monoisotopic (exact) mass is 205 g/mol. The number of aryl methyl sites for hydroxylation is 1. The Morgan fingerprint density at radius 3 is 2.87 bits per heavy atom. The first-order valence-electron chi connectivity index (χ1n) is 4.84. The molecule has 0 heterocycles. The molecule has 0 aliphatic carbocycles. The Balaban J connectivity index is 2.84. The van der Waals surface area contributed by atoms with E-state index in [0.29, 0.717) is 12.3 Å². The van der Waals surface area contributed by atoms with Crippen molar-refractivity contribution in [2.45, 2.75) is 13.8 Å². The van der Waals surface area contributed by atoms with Crippen LogP contribution in [0.2, 0.25) is 0 Å². The number of nitrogens with two attached hydrogens (primary N) is 1. The van der Waals surface area contributed by atoms with Gasteiger partial charge in [-0.15, -0.1) is 0 Å². The number of hydrogen-bond acceptors (Lipinski definition) is 3. The smallest absolute Gasteiger partial charge is 0.332 e. The SMILES string of the molecule is CCOC(=O)C=C(N)c1cccc(C)c1. The van der Waals surface area contributed by atoms with Gasteiger partial charge < -0.3 is 10.5 Å². The van der Waals surface area contributed by atoms with E-state index in [0.717, 1.165) is 11.1 Å². The number of hydrogen-bond donors (Lipinski definition) is 1. The first-order valence-corrected chi connectivity index (χ1v) is 4.84. The fourth-order valence-corrected chi connectivity index (χ4v) is 1.22. The molecular weight excluding hydrogens is 190 g/mol. The maximum absolute atomic E-state index is 11.1. The normalized spacial score (nSPS) is 11.2. The zero-order chi connectivity index (χ0) is 11.3. The summed E-state index contributed by atoms with van der Waals surface area (Å²) in [7, 11) is 0. The fourth-order valence-electron chi connectivity index (χ4n) is 1.22. The maximum atomic E-state index is 11.1. The number of ether oxygens (including phenoxy) is 1. The highest BCUT2D eigenvalue weighted by Crippen LogP contribution is 2.10. The average Bonchev–Trinajstić information content (AvgIpc) is 2.18. The van der Waals surface area contributed by atoms with Gasteiger partial charge in [-0.3, -0.25) is 0 Å². The lowest BCUT2D eigenvalue weighted by molar-refractivity contribution is -0.137. The van der Waals surface area contributed by atoms with Crippen LogP contribution < -0.4 is 5.73 Å². The minimum atomic E-state index is -0.406. The minimum Gasteiger partial charge on any atom is -0.463 e. The van der Waals surface area contributed by atoms with Crippen LogP contribution in [0.4, 0.5) is 0 Å². The summed E-state index contributed by atoms with van der Waals surface area (Å²) >= 11 is 0. The van der Waals surface area contributed by atoms with Crippen LogP contribution in [-0.4, -0.2) is 12.6 Å². The summed E-state index contributed by atoms with van der Waals surface area (Å²) in [5.41, 5.74) is 8.12. The van der Waals surface area contributed by atoms with Gasteiger partial charge >= 0.3 is 5.97 Å². The summed E-state index contributed by atoms with van der Waals surface area (Å²) in [6.07, 6.45) is 1.30. The van der Waals surface area contributed by atoms with Gasteiger partial charge in [-0.25, -0.2) is 4.79 Å². The van der Waals surface area contributed by atoms with Crippen molar-refractivity contribution in [3.63, 3.8) is 0 Å². The summed E-state index contributed by atoms with van der Waals surface area (Å²) in [5, 5.41) is 0. The first kappa shape index (κ1) is 11.3. The van der Waals surface area contributed by atoms with Crippen molar-refractivity contribution in [1.82, 2.24) is 0 Å². The molecule has 15 heavy (non-hydrogen) atoms. The van der Waals surface area contributed by atoms with Gasteiger partial charge in [0.05, 0.1) is 6.61 Å². The standard InChI is InChI=1S/C12H15NO2/c1-3-15-12(14)8-11(13)10-6-4-5-9(2)7-10/h4-8H,3,13H2,1-2H3. The summed E-state index contributed by atoms with van der Waals surface area (Å²) in [6.45, 7) is 4.09. The Morgan fingerprint density at radius 1 is 1.53 bits per heavy atom. The summed E-state index contributed by atoms with van der Waals surface area (Å²) in [5.74, 6) is -0.406. The number of esters is 1. The molecular formula is C12H15NO2. The summed E-state index contributed by atoms with van der Waals surface area (Å²) in [6, 6.07) is 7.65. The third-order valence-electron chi connectivity index (χ3n) is 1.91. The molecule has 0 spiro atoms. The second-order valence-corrected chi connectivity index (χ2v) is 3.22. The predicted molar refractivity (Wildman–Crippen MR) is 60.0 cm³/mol. The van der Waals surface area contributed by atoms with E-state index in [1.165, 1.54) is 6.08 Å². The molecule has 3 nitrogen and oxygen atoms in total. The third kappa shape index (κ3) is 3.46.